The second-order valence-corrected chi connectivity index (χ2v) is 8.93. The van der Waals surface area contributed by atoms with E-state index in [9.17, 15) is 4.79 Å². The first-order chi connectivity index (χ1) is 14.7. The number of benzene rings is 2. The number of hydrogen-bond donors (Lipinski definition) is 1. The normalized spacial score (nSPS) is 11.2. The number of carbonyl (C=O) groups excluding carboxylic acids is 1. The third-order valence-corrected chi connectivity index (χ3v) is 6.74. The Hall–Kier alpha value is -3.16. The van der Waals surface area contributed by atoms with Crippen LogP contribution in [0.3, 0.4) is 0 Å². The van der Waals surface area contributed by atoms with Crippen molar-refractivity contribution in [3.8, 4) is 0 Å². The first-order valence-electron chi connectivity index (χ1n) is 9.53. The Morgan fingerprint density at radius 2 is 1.83 bits per heavy atom. The van der Waals surface area contributed by atoms with Gasteiger partial charge in [-0.15, -0.1) is 23.1 Å². The van der Waals surface area contributed by atoms with E-state index in [0.717, 1.165) is 37.2 Å². The van der Waals surface area contributed by atoms with Gasteiger partial charge in [0.05, 0.1) is 22.5 Å². The van der Waals surface area contributed by atoms with Gasteiger partial charge in [-0.05, 0) is 48.5 Å². The number of fused-ring (bicyclic) bond motifs is 2. The molecule has 0 spiro atoms. The molecule has 0 aliphatic heterocycles. The first-order valence-corrected chi connectivity index (χ1v) is 11.3. The molecule has 0 aliphatic carbocycles. The van der Waals surface area contributed by atoms with E-state index >= 15 is 0 Å². The summed E-state index contributed by atoms with van der Waals surface area (Å²) in [5, 5.41) is 3.86. The summed E-state index contributed by atoms with van der Waals surface area (Å²) in [6.45, 7) is 0.433. The van der Waals surface area contributed by atoms with Crippen LogP contribution in [0, 0.1) is 0 Å². The Kier molecular flexibility index (Phi) is 5.21. The molecule has 5 rings (SSSR count). The average Bonchev–Trinajstić information content (AvgIpc) is 3.39. The van der Waals surface area contributed by atoms with Gasteiger partial charge in [-0.25, -0.2) is 9.97 Å². The molecule has 0 atom stereocenters. The monoisotopic (exact) mass is 430 g/mol. The number of nitrogens with zero attached hydrogens (tertiary/aromatic N) is 3. The van der Waals surface area contributed by atoms with Crippen LogP contribution in [0.4, 0.5) is 0 Å². The molecule has 5 aromatic rings. The Labute approximate surface area is 181 Å². The van der Waals surface area contributed by atoms with Crippen molar-refractivity contribution in [1.82, 2.24) is 19.7 Å². The van der Waals surface area contributed by atoms with Crippen molar-refractivity contribution < 1.29 is 4.79 Å². The summed E-state index contributed by atoms with van der Waals surface area (Å²) < 4.78 is 3.16. The molecule has 148 valence electrons. The van der Waals surface area contributed by atoms with Crippen LogP contribution in [0.25, 0.3) is 15.9 Å². The zero-order chi connectivity index (χ0) is 20.3. The lowest BCUT2D eigenvalue weighted by molar-refractivity contribution is 0.0951. The van der Waals surface area contributed by atoms with Gasteiger partial charge in [0.15, 0.2) is 0 Å². The number of amides is 1. The molecule has 0 unspecified atom stereocenters. The topological polar surface area (TPSA) is 59.3 Å². The highest BCUT2D eigenvalue weighted by Gasteiger charge is 2.09. The van der Waals surface area contributed by atoms with Crippen LogP contribution in [0.15, 0.2) is 84.0 Å². The van der Waals surface area contributed by atoms with Gasteiger partial charge >= 0.3 is 0 Å². The van der Waals surface area contributed by atoms with Crippen molar-refractivity contribution in [2.75, 3.05) is 0 Å². The third-order valence-electron chi connectivity index (χ3n) is 4.66. The van der Waals surface area contributed by atoms with Crippen LogP contribution in [-0.4, -0.2) is 20.3 Å². The lowest BCUT2D eigenvalue weighted by Crippen LogP contribution is -2.22. The fourth-order valence-corrected chi connectivity index (χ4v) is 4.86. The number of nitrogens with one attached hydrogen (secondary N) is 1. The molecule has 30 heavy (non-hydrogen) atoms. The van der Waals surface area contributed by atoms with Crippen molar-refractivity contribution >= 4 is 44.9 Å². The molecule has 2 aromatic carbocycles. The van der Waals surface area contributed by atoms with Crippen molar-refractivity contribution in [3.05, 3.63) is 95.4 Å². The number of thioether (sulfide) groups is 1. The SMILES string of the molecule is O=C(NCc1nc2ccccc2s1)c1ccc(SCc2cn3ccccc3n2)cc1. The van der Waals surface area contributed by atoms with E-state index in [2.05, 4.69) is 15.3 Å². The maximum Gasteiger partial charge on any atom is 0.251 e. The van der Waals surface area contributed by atoms with E-state index in [-0.39, 0.29) is 5.91 Å². The summed E-state index contributed by atoms with van der Waals surface area (Å²) in [6.07, 6.45) is 4.05. The lowest BCUT2D eigenvalue weighted by atomic mass is 10.2. The predicted octanol–water partition coefficient (Wildman–Crippen LogP) is 5.17. The highest BCUT2D eigenvalue weighted by molar-refractivity contribution is 7.98. The summed E-state index contributed by atoms with van der Waals surface area (Å²) in [4.78, 5) is 22.7. The standard InChI is InChI=1S/C23H18N4OS2/c28-23(24-13-22-26-19-5-1-2-6-20(19)30-22)16-8-10-18(11-9-16)29-15-17-14-27-12-4-3-7-21(27)25-17/h1-12,14H,13,15H2,(H,24,28). The minimum atomic E-state index is -0.0915. The van der Waals surface area contributed by atoms with E-state index in [1.807, 2.05) is 83.5 Å². The van der Waals surface area contributed by atoms with E-state index in [1.165, 1.54) is 0 Å². The smallest absolute Gasteiger partial charge is 0.251 e. The summed E-state index contributed by atoms with van der Waals surface area (Å²) in [5.41, 5.74) is 3.60. The Morgan fingerprint density at radius 1 is 1.00 bits per heavy atom. The van der Waals surface area contributed by atoms with Crippen LogP contribution < -0.4 is 5.32 Å². The third kappa shape index (κ3) is 4.08. The van der Waals surface area contributed by atoms with Crippen LogP contribution in [0.1, 0.15) is 21.1 Å². The molecule has 3 aromatic heterocycles. The first kappa shape index (κ1) is 18.8. The summed E-state index contributed by atoms with van der Waals surface area (Å²) in [7, 11) is 0. The number of para-hydroxylation sites is 1. The molecule has 0 saturated heterocycles. The number of pyridine rings is 1. The number of imidazole rings is 1. The minimum Gasteiger partial charge on any atom is -0.346 e. The summed E-state index contributed by atoms with van der Waals surface area (Å²) in [5.74, 6) is 0.691. The molecular weight excluding hydrogens is 412 g/mol. The molecule has 0 saturated carbocycles. The van der Waals surface area contributed by atoms with E-state index in [4.69, 9.17) is 0 Å². The van der Waals surface area contributed by atoms with Crippen LogP contribution in [0.2, 0.25) is 0 Å². The number of rotatable bonds is 6. The van der Waals surface area contributed by atoms with E-state index < -0.39 is 0 Å². The largest absolute Gasteiger partial charge is 0.346 e. The second-order valence-electron chi connectivity index (χ2n) is 6.77. The van der Waals surface area contributed by atoms with Gasteiger partial charge in [-0.3, -0.25) is 4.79 Å². The zero-order valence-corrected chi connectivity index (χ0v) is 17.6. The average molecular weight is 431 g/mol. The van der Waals surface area contributed by atoms with Gasteiger partial charge < -0.3 is 9.72 Å². The van der Waals surface area contributed by atoms with Crippen LogP contribution in [-0.2, 0) is 12.3 Å². The molecule has 0 bridgehead atoms. The predicted molar refractivity (Wildman–Crippen MR) is 122 cm³/mol. The Balaban J connectivity index is 1.18. The molecule has 0 radical (unpaired) electrons. The molecule has 5 nitrogen and oxygen atoms in total. The molecule has 1 N–H and O–H groups in total. The maximum absolute atomic E-state index is 12.5. The minimum absolute atomic E-state index is 0.0915. The Morgan fingerprint density at radius 3 is 2.67 bits per heavy atom. The number of hydrogen-bond acceptors (Lipinski definition) is 5. The zero-order valence-electron chi connectivity index (χ0n) is 16.0. The van der Waals surface area contributed by atoms with E-state index in [1.54, 1.807) is 23.1 Å². The lowest BCUT2D eigenvalue weighted by Gasteiger charge is -2.05. The molecule has 0 fully saturated rings. The van der Waals surface area contributed by atoms with Crippen LogP contribution >= 0.6 is 23.1 Å². The maximum atomic E-state index is 12.5. The van der Waals surface area contributed by atoms with Gasteiger partial charge in [0.2, 0.25) is 0 Å². The van der Waals surface area contributed by atoms with Gasteiger partial charge in [0, 0.05) is 28.6 Å². The highest BCUT2D eigenvalue weighted by atomic mass is 32.2. The fourth-order valence-electron chi connectivity index (χ4n) is 3.17. The van der Waals surface area contributed by atoms with Crippen molar-refractivity contribution in [2.45, 2.75) is 17.2 Å². The van der Waals surface area contributed by atoms with E-state index in [0.29, 0.717) is 12.1 Å². The van der Waals surface area contributed by atoms with Crippen molar-refractivity contribution in [2.24, 2.45) is 0 Å². The molecule has 1 amide bonds. The number of aromatic nitrogens is 3. The van der Waals surface area contributed by atoms with Gasteiger partial charge in [0.1, 0.15) is 10.7 Å². The summed E-state index contributed by atoms with van der Waals surface area (Å²) in [6, 6.07) is 21.7. The highest BCUT2D eigenvalue weighted by Crippen LogP contribution is 2.24. The molecule has 0 aliphatic rings. The molecular formula is C23H18N4OS2. The van der Waals surface area contributed by atoms with Gasteiger partial charge in [-0.1, -0.05) is 18.2 Å². The Bertz CT molecular complexity index is 1260. The molecule has 3 heterocycles. The summed E-state index contributed by atoms with van der Waals surface area (Å²) >= 11 is 3.31. The number of carbonyl (C=O) groups is 1. The van der Waals surface area contributed by atoms with Gasteiger partial charge in [0.25, 0.3) is 5.91 Å². The number of thiazole rings is 1. The van der Waals surface area contributed by atoms with Crippen LogP contribution in [0.5, 0.6) is 0 Å². The van der Waals surface area contributed by atoms with Gasteiger partial charge in [-0.2, -0.15) is 0 Å². The second kappa shape index (κ2) is 8.30. The quantitative estimate of drug-likeness (QED) is 0.378. The van der Waals surface area contributed by atoms with Crippen molar-refractivity contribution in [1.29, 1.82) is 0 Å². The fraction of sp³-hybridized carbons (Fsp3) is 0.0870. The van der Waals surface area contributed by atoms with Crippen molar-refractivity contribution in [3.63, 3.8) is 0 Å². The molecule has 7 heteroatoms.